The van der Waals surface area contributed by atoms with Gasteiger partial charge < -0.3 is 15.2 Å². The van der Waals surface area contributed by atoms with E-state index >= 15 is 0 Å². The van der Waals surface area contributed by atoms with Crippen molar-refractivity contribution in [3.8, 4) is 0 Å². The highest BCUT2D eigenvalue weighted by atomic mass is 19.1. The molecule has 0 radical (unpaired) electrons. The summed E-state index contributed by atoms with van der Waals surface area (Å²) in [6, 6.07) is 6.50. The Bertz CT molecular complexity index is 363. The van der Waals surface area contributed by atoms with Crippen LogP contribution in [0, 0.1) is 5.82 Å². The zero-order valence-electron chi connectivity index (χ0n) is 11.3. The summed E-state index contributed by atoms with van der Waals surface area (Å²) in [6.45, 7) is 7.25. The van der Waals surface area contributed by atoms with Gasteiger partial charge in [-0.15, -0.1) is 0 Å². The lowest BCUT2D eigenvalue weighted by molar-refractivity contribution is -0.722. The normalized spacial score (nSPS) is 13.6. The molecule has 0 fully saturated rings. The topological polar surface area (TPSA) is 46.1 Å². The second-order valence-electron chi connectivity index (χ2n) is 5.57. The van der Waals surface area contributed by atoms with Gasteiger partial charge in [0.1, 0.15) is 18.5 Å². The number of nitrogens with two attached hydrogens (primary N) is 1. The minimum absolute atomic E-state index is 0.0898. The molecule has 0 amide bonds. The molecule has 0 bridgehead atoms. The molecule has 0 aliphatic carbocycles. The Balaban J connectivity index is 2.24. The molecule has 1 rings (SSSR count). The van der Waals surface area contributed by atoms with Crippen molar-refractivity contribution in [1.29, 1.82) is 0 Å². The van der Waals surface area contributed by atoms with E-state index in [0.717, 1.165) is 0 Å². The molecule has 3 N–H and O–H groups in total. The molecule has 1 aromatic carbocycles. The van der Waals surface area contributed by atoms with Gasteiger partial charge in [0.15, 0.2) is 0 Å². The Morgan fingerprint density at radius 2 is 2.00 bits per heavy atom. The Kier molecular flexibility index (Phi) is 5.72. The lowest BCUT2D eigenvalue weighted by atomic mass is 10.1. The first-order valence-corrected chi connectivity index (χ1v) is 6.22. The highest BCUT2D eigenvalue weighted by molar-refractivity contribution is 5.16. The van der Waals surface area contributed by atoms with Crippen molar-refractivity contribution in [3.05, 3.63) is 35.6 Å². The monoisotopic (exact) mass is 256 g/mol. The summed E-state index contributed by atoms with van der Waals surface area (Å²) >= 11 is 0. The van der Waals surface area contributed by atoms with Crippen molar-refractivity contribution in [3.63, 3.8) is 0 Å². The molecule has 3 nitrogen and oxygen atoms in total. The van der Waals surface area contributed by atoms with Gasteiger partial charge in [0.25, 0.3) is 0 Å². The zero-order chi connectivity index (χ0) is 13.6. The second kappa shape index (κ2) is 6.83. The van der Waals surface area contributed by atoms with E-state index in [4.69, 9.17) is 4.74 Å². The second-order valence-corrected chi connectivity index (χ2v) is 5.57. The van der Waals surface area contributed by atoms with Crippen LogP contribution >= 0.6 is 0 Å². The van der Waals surface area contributed by atoms with Crippen LogP contribution in [0.25, 0.3) is 0 Å². The quantitative estimate of drug-likeness (QED) is 0.799. The molecule has 0 aliphatic rings. The van der Waals surface area contributed by atoms with Crippen LogP contribution in [0.2, 0.25) is 0 Å². The fourth-order valence-electron chi connectivity index (χ4n) is 1.48. The molecular weight excluding hydrogens is 233 g/mol. The molecule has 102 valence electrons. The summed E-state index contributed by atoms with van der Waals surface area (Å²) in [5.41, 5.74) is 0.608. The number of rotatable bonds is 6. The maximum absolute atomic E-state index is 13.3. The summed E-state index contributed by atoms with van der Waals surface area (Å²) in [7, 11) is 0. The molecular formula is C14H23FNO2+. The maximum Gasteiger partial charge on any atom is 0.128 e. The first-order chi connectivity index (χ1) is 8.38. The number of hydrogen-bond acceptors (Lipinski definition) is 2. The third-order valence-electron chi connectivity index (χ3n) is 2.53. The number of aliphatic hydroxyl groups is 1. The lowest BCUT2D eigenvalue weighted by Crippen LogP contribution is -2.96. The summed E-state index contributed by atoms with van der Waals surface area (Å²) in [6.07, 6.45) is -0.531. The molecule has 18 heavy (non-hydrogen) atoms. The number of aliphatic hydroxyl groups excluding tert-OH is 1. The SMILES string of the molecule is CC(C)(C)[NH2+]C[C@H](O)COCc1ccccc1F. The molecule has 0 aromatic heterocycles. The minimum atomic E-state index is -0.531. The summed E-state index contributed by atoms with van der Waals surface area (Å²) in [5, 5.41) is 11.8. The minimum Gasteiger partial charge on any atom is -0.385 e. The van der Waals surface area contributed by atoms with Gasteiger partial charge in [0.05, 0.1) is 18.8 Å². The maximum atomic E-state index is 13.3. The smallest absolute Gasteiger partial charge is 0.128 e. The molecule has 1 atom stereocenters. The Morgan fingerprint density at radius 3 is 2.61 bits per heavy atom. The van der Waals surface area contributed by atoms with E-state index in [-0.39, 0.29) is 24.6 Å². The number of quaternary nitrogens is 1. The fourth-order valence-corrected chi connectivity index (χ4v) is 1.48. The van der Waals surface area contributed by atoms with E-state index in [0.29, 0.717) is 12.1 Å². The van der Waals surface area contributed by atoms with Crippen LogP contribution in [0.5, 0.6) is 0 Å². The number of ether oxygens (including phenoxy) is 1. The van der Waals surface area contributed by atoms with E-state index in [1.165, 1.54) is 6.07 Å². The largest absolute Gasteiger partial charge is 0.385 e. The third kappa shape index (κ3) is 6.10. The average Bonchev–Trinajstić information content (AvgIpc) is 2.28. The van der Waals surface area contributed by atoms with E-state index in [1.54, 1.807) is 18.2 Å². The number of benzene rings is 1. The molecule has 0 unspecified atom stereocenters. The summed E-state index contributed by atoms with van der Waals surface area (Å²) in [4.78, 5) is 0. The first kappa shape index (κ1) is 15.1. The predicted octanol–water partition coefficient (Wildman–Crippen LogP) is 1.07. The highest BCUT2D eigenvalue weighted by Gasteiger charge is 2.16. The summed E-state index contributed by atoms with van der Waals surface area (Å²) in [5.74, 6) is -0.270. The van der Waals surface area contributed by atoms with Crippen molar-refractivity contribution in [2.45, 2.75) is 39.0 Å². The van der Waals surface area contributed by atoms with E-state index in [9.17, 15) is 9.50 Å². The average molecular weight is 256 g/mol. The molecule has 0 spiro atoms. The molecule has 0 aliphatic heterocycles. The van der Waals surface area contributed by atoms with Gasteiger partial charge in [0, 0.05) is 5.56 Å². The Morgan fingerprint density at radius 1 is 1.33 bits per heavy atom. The third-order valence-corrected chi connectivity index (χ3v) is 2.53. The summed E-state index contributed by atoms with van der Waals surface area (Å²) < 4.78 is 18.6. The van der Waals surface area contributed by atoms with E-state index in [1.807, 2.05) is 0 Å². The Labute approximate surface area is 108 Å². The van der Waals surface area contributed by atoms with Gasteiger partial charge in [-0.2, -0.15) is 0 Å². The van der Waals surface area contributed by atoms with Crippen molar-refractivity contribution in [2.24, 2.45) is 0 Å². The molecule has 4 heteroatoms. The number of hydrogen-bond donors (Lipinski definition) is 2. The van der Waals surface area contributed by atoms with Crippen LogP contribution in [0.3, 0.4) is 0 Å². The number of halogens is 1. The lowest BCUT2D eigenvalue weighted by Gasteiger charge is -2.19. The Hall–Kier alpha value is -0.970. The zero-order valence-corrected chi connectivity index (χ0v) is 11.3. The van der Waals surface area contributed by atoms with Crippen molar-refractivity contribution >= 4 is 0 Å². The van der Waals surface area contributed by atoms with Gasteiger partial charge in [-0.1, -0.05) is 18.2 Å². The standard InChI is InChI=1S/C14H22FNO2/c1-14(2,3)16-8-12(17)10-18-9-11-6-4-5-7-13(11)15/h4-7,12,16-17H,8-10H2,1-3H3/p+1/t12-/m0/s1. The first-order valence-electron chi connectivity index (χ1n) is 6.22. The van der Waals surface area contributed by atoms with Crippen LogP contribution < -0.4 is 5.32 Å². The van der Waals surface area contributed by atoms with Crippen molar-refractivity contribution < 1.29 is 19.6 Å². The molecule has 0 saturated heterocycles. The van der Waals surface area contributed by atoms with Gasteiger partial charge in [0.2, 0.25) is 0 Å². The molecule has 0 heterocycles. The molecule has 0 saturated carbocycles. The van der Waals surface area contributed by atoms with Crippen LogP contribution in [-0.4, -0.2) is 29.9 Å². The molecule has 1 aromatic rings. The van der Waals surface area contributed by atoms with Gasteiger partial charge in [-0.05, 0) is 26.8 Å². The highest BCUT2D eigenvalue weighted by Crippen LogP contribution is 2.07. The van der Waals surface area contributed by atoms with Crippen LogP contribution in [0.15, 0.2) is 24.3 Å². The van der Waals surface area contributed by atoms with Crippen LogP contribution in [-0.2, 0) is 11.3 Å². The fraction of sp³-hybridized carbons (Fsp3) is 0.571. The van der Waals surface area contributed by atoms with E-state index in [2.05, 4.69) is 26.1 Å². The van der Waals surface area contributed by atoms with Crippen molar-refractivity contribution in [1.82, 2.24) is 0 Å². The van der Waals surface area contributed by atoms with Crippen molar-refractivity contribution in [2.75, 3.05) is 13.2 Å². The van der Waals surface area contributed by atoms with Gasteiger partial charge >= 0.3 is 0 Å². The van der Waals surface area contributed by atoms with Gasteiger partial charge in [-0.3, -0.25) is 0 Å². The van der Waals surface area contributed by atoms with Crippen LogP contribution in [0.4, 0.5) is 4.39 Å². The van der Waals surface area contributed by atoms with Gasteiger partial charge in [-0.25, -0.2) is 4.39 Å². The van der Waals surface area contributed by atoms with E-state index < -0.39 is 6.10 Å². The predicted molar refractivity (Wildman–Crippen MR) is 68.6 cm³/mol. The van der Waals surface area contributed by atoms with Crippen LogP contribution in [0.1, 0.15) is 26.3 Å².